The first-order valence-electron chi connectivity index (χ1n) is 4.95. The van der Waals surface area contributed by atoms with Crippen molar-refractivity contribution in [3.8, 4) is 5.88 Å². The molecule has 0 atom stereocenters. The molecular weight excluding hydrogens is 257 g/mol. The molecule has 17 heavy (non-hydrogen) atoms. The lowest BCUT2D eigenvalue weighted by Gasteiger charge is -2.10. The Labute approximate surface area is 102 Å². The molecular formula is C10H12ClF3N2O. The van der Waals surface area contributed by atoms with E-state index >= 15 is 0 Å². The molecule has 1 heterocycles. The molecule has 1 N–H and O–H groups in total. The van der Waals surface area contributed by atoms with Crippen molar-refractivity contribution >= 4 is 11.6 Å². The van der Waals surface area contributed by atoms with Crippen LogP contribution in [0.25, 0.3) is 0 Å². The van der Waals surface area contributed by atoms with E-state index in [1.165, 1.54) is 0 Å². The second-order valence-corrected chi connectivity index (χ2v) is 3.72. The summed E-state index contributed by atoms with van der Waals surface area (Å²) in [5, 5.41) is 2.78. The van der Waals surface area contributed by atoms with Gasteiger partial charge in [0.05, 0.1) is 12.2 Å². The maximum absolute atomic E-state index is 12.3. The van der Waals surface area contributed by atoms with E-state index in [1.807, 2.05) is 0 Å². The molecule has 96 valence electrons. The third-order valence-electron chi connectivity index (χ3n) is 1.94. The second-order valence-electron chi connectivity index (χ2n) is 3.31. The number of pyridine rings is 1. The zero-order valence-corrected chi connectivity index (χ0v) is 9.90. The molecule has 0 saturated heterocycles. The summed E-state index contributed by atoms with van der Waals surface area (Å²) in [6.45, 7) is 1.09. The van der Waals surface area contributed by atoms with Crippen LogP contribution in [0.4, 0.5) is 13.2 Å². The summed E-state index contributed by atoms with van der Waals surface area (Å²) >= 11 is 5.65. The molecule has 0 aliphatic heterocycles. The van der Waals surface area contributed by atoms with Gasteiger partial charge in [-0.1, -0.05) is 11.6 Å². The van der Waals surface area contributed by atoms with Crippen LogP contribution < -0.4 is 10.1 Å². The summed E-state index contributed by atoms with van der Waals surface area (Å²) in [6.07, 6.45) is -3.02. The van der Waals surface area contributed by atoms with E-state index < -0.39 is 11.7 Å². The zero-order chi connectivity index (χ0) is 12.9. The molecule has 0 aliphatic rings. The van der Waals surface area contributed by atoms with Gasteiger partial charge in [0.2, 0.25) is 5.88 Å². The third-order valence-corrected chi connectivity index (χ3v) is 2.22. The first kappa shape index (κ1) is 14.1. The normalized spacial score (nSPS) is 11.6. The minimum Gasteiger partial charge on any atom is -0.477 e. The molecule has 0 unspecified atom stereocenters. The average Bonchev–Trinajstić information content (AvgIpc) is 2.24. The molecule has 1 aromatic rings. The number of hydrogen-bond acceptors (Lipinski definition) is 3. The van der Waals surface area contributed by atoms with Gasteiger partial charge in [-0.05, 0) is 26.1 Å². The largest absolute Gasteiger partial charge is 0.477 e. The highest BCUT2D eigenvalue weighted by molar-refractivity contribution is 6.31. The predicted octanol–water partition coefficient (Wildman–Crippen LogP) is 2.74. The summed E-state index contributed by atoms with van der Waals surface area (Å²) in [7, 11) is 1.79. The first-order valence-corrected chi connectivity index (χ1v) is 5.33. The zero-order valence-electron chi connectivity index (χ0n) is 9.14. The number of nitrogens with zero attached hydrogens (tertiary/aromatic N) is 1. The molecule has 1 rings (SSSR count). The minimum atomic E-state index is -4.44. The van der Waals surface area contributed by atoms with Crippen molar-refractivity contribution in [1.82, 2.24) is 10.3 Å². The van der Waals surface area contributed by atoms with Crippen LogP contribution in [0.1, 0.15) is 12.0 Å². The lowest BCUT2D eigenvalue weighted by atomic mass is 10.3. The van der Waals surface area contributed by atoms with Crippen LogP contribution in [0.3, 0.4) is 0 Å². The second kappa shape index (κ2) is 6.07. The number of nitrogens with one attached hydrogen (secondary N) is 1. The molecule has 0 bridgehead atoms. The molecule has 7 heteroatoms. The highest BCUT2D eigenvalue weighted by Crippen LogP contribution is 2.32. The van der Waals surface area contributed by atoms with Crippen molar-refractivity contribution in [2.75, 3.05) is 20.2 Å². The molecule has 0 radical (unpaired) electrons. The van der Waals surface area contributed by atoms with E-state index in [0.29, 0.717) is 12.8 Å². The summed E-state index contributed by atoms with van der Waals surface area (Å²) in [6, 6.07) is 0.807. The van der Waals surface area contributed by atoms with Gasteiger partial charge in [0.15, 0.2) is 0 Å². The Balaban J connectivity index is 2.64. The highest BCUT2D eigenvalue weighted by atomic mass is 35.5. The standard InChI is InChI=1S/C10H12ClF3N2O/c1-15-3-2-4-17-9-8(11)5-7(6-16-9)10(12,13)14/h5-6,15H,2-4H2,1H3. The van der Waals surface area contributed by atoms with Gasteiger partial charge in [-0.2, -0.15) is 13.2 Å². The van der Waals surface area contributed by atoms with Gasteiger partial charge >= 0.3 is 6.18 Å². The molecule has 0 saturated carbocycles. The Hall–Kier alpha value is -1.01. The Morgan fingerprint density at radius 3 is 2.71 bits per heavy atom. The minimum absolute atomic E-state index is 0.0239. The number of aromatic nitrogens is 1. The van der Waals surface area contributed by atoms with Gasteiger partial charge in [-0.25, -0.2) is 4.98 Å². The van der Waals surface area contributed by atoms with Crippen molar-refractivity contribution in [1.29, 1.82) is 0 Å². The van der Waals surface area contributed by atoms with Crippen LogP contribution in [0.5, 0.6) is 5.88 Å². The van der Waals surface area contributed by atoms with Crippen LogP contribution in [-0.2, 0) is 6.18 Å². The Morgan fingerprint density at radius 2 is 2.18 bits per heavy atom. The van der Waals surface area contributed by atoms with Gasteiger partial charge in [0.25, 0.3) is 0 Å². The lowest BCUT2D eigenvalue weighted by Crippen LogP contribution is -2.12. The molecule has 1 aromatic heterocycles. The summed E-state index contributed by atoms with van der Waals surface area (Å²) in [4.78, 5) is 3.55. The summed E-state index contributed by atoms with van der Waals surface area (Å²) in [5.41, 5.74) is -0.884. The number of alkyl halides is 3. The number of halogens is 4. The van der Waals surface area contributed by atoms with E-state index in [0.717, 1.165) is 19.0 Å². The van der Waals surface area contributed by atoms with Crippen molar-refractivity contribution < 1.29 is 17.9 Å². The van der Waals surface area contributed by atoms with E-state index in [-0.39, 0.29) is 10.9 Å². The first-order chi connectivity index (χ1) is 7.95. The maximum atomic E-state index is 12.3. The third kappa shape index (κ3) is 4.40. The van der Waals surface area contributed by atoms with Gasteiger partial charge in [0.1, 0.15) is 5.02 Å². The Morgan fingerprint density at radius 1 is 1.47 bits per heavy atom. The van der Waals surface area contributed by atoms with Crippen LogP contribution >= 0.6 is 11.6 Å². The van der Waals surface area contributed by atoms with Crippen LogP contribution in [0, 0.1) is 0 Å². The van der Waals surface area contributed by atoms with Crippen LogP contribution in [-0.4, -0.2) is 25.2 Å². The fraction of sp³-hybridized carbons (Fsp3) is 0.500. The monoisotopic (exact) mass is 268 g/mol. The molecule has 0 amide bonds. The topological polar surface area (TPSA) is 34.1 Å². The van der Waals surface area contributed by atoms with Gasteiger partial charge in [-0.15, -0.1) is 0 Å². The fourth-order valence-corrected chi connectivity index (χ4v) is 1.33. The Kier molecular flexibility index (Phi) is 5.02. The van der Waals surface area contributed by atoms with Gasteiger partial charge in [0, 0.05) is 6.20 Å². The maximum Gasteiger partial charge on any atom is 0.417 e. The number of hydrogen-bond donors (Lipinski definition) is 1. The number of rotatable bonds is 5. The smallest absolute Gasteiger partial charge is 0.417 e. The predicted molar refractivity (Wildman–Crippen MR) is 58.3 cm³/mol. The summed E-state index contributed by atoms with van der Waals surface area (Å²) in [5.74, 6) is 0.0239. The molecule has 0 aromatic carbocycles. The van der Waals surface area contributed by atoms with E-state index in [2.05, 4.69) is 10.3 Å². The summed E-state index contributed by atoms with van der Waals surface area (Å²) < 4.78 is 42.1. The van der Waals surface area contributed by atoms with Crippen molar-refractivity contribution in [3.63, 3.8) is 0 Å². The SMILES string of the molecule is CNCCCOc1ncc(C(F)(F)F)cc1Cl. The average molecular weight is 269 g/mol. The van der Waals surface area contributed by atoms with Crippen molar-refractivity contribution in [2.24, 2.45) is 0 Å². The Bertz CT molecular complexity index is 371. The molecule has 0 fully saturated rings. The fourth-order valence-electron chi connectivity index (χ4n) is 1.10. The number of ether oxygens (including phenoxy) is 1. The van der Waals surface area contributed by atoms with Gasteiger partial charge in [-0.3, -0.25) is 0 Å². The van der Waals surface area contributed by atoms with Gasteiger partial charge < -0.3 is 10.1 Å². The van der Waals surface area contributed by atoms with E-state index in [1.54, 1.807) is 7.05 Å². The highest BCUT2D eigenvalue weighted by Gasteiger charge is 2.31. The van der Waals surface area contributed by atoms with E-state index in [4.69, 9.17) is 16.3 Å². The van der Waals surface area contributed by atoms with Crippen LogP contribution in [0.2, 0.25) is 5.02 Å². The quantitative estimate of drug-likeness (QED) is 0.834. The van der Waals surface area contributed by atoms with E-state index in [9.17, 15) is 13.2 Å². The van der Waals surface area contributed by atoms with Crippen molar-refractivity contribution in [2.45, 2.75) is 12.6 Å². The molecule has 0 spiro atoms. The molecule has 0 aliphatic carbocycles. The molecule has 3 nitrogen and oxygen atoms in total. The van der Waals surface area contributed by atoms with Crippen molar-refractivity contribution in [3.05, 3.63) is 22.8 Å². The lowest BCUT2D eigenvalue weighted by molar-refractivity contribution is -0.137. The van der Waals surface area contributed by atoms with Crippen LogP contribution in [0.15, 0.2) is 12.3 Å².